The predicted molar refractivity (Wildman–Crippen MR) is 92.0 cm³/mol. The van der Waals surface area contributed by atoms with Crippen LogP contribution < -0.4 is 5.32 Å². The van der Waals surface area contributed by atoms with E-state index >= 15 is 0 Å². The minimum Gasteiger partial charge on any atom is -0.382 e. The molecule has 2 rings (SSSR count). The van der Waals surface area contributed by atoms with E-state index in [1.807, 2.05) is 30.3 Å². The molecule has 1 heterocycles. The molecule has 0 spiro atoms. The molecule has 116 valence electrons. The van der Waals surface area contributed by atoms with Gasteiger partial charge in [0.1, 0.15) is 6.33 Å². The Kier molecular flexibility index (Phi) is 6.09. The lowest BCUT2D eigenvalue weighted by Gasteiger charge is -2.16. The first-order valence-electron chi connectivity index (χ1n) is 7.24. The van der Waals surface area contributed by atoms with Crippen molar-refractivity contribution in [1.82, 2.24) is 19.8 Å². The average Bonchev–Trinajstić information content (AvgIpc) is 3.04. The first-order valence-corrected chi connectivity index (χ1v) is 7.71. The molecular weight excluding hydrogens is 296 g/mol. The third kappa shape index (κ3) is 4.39. The first-order chi connectivity index (χ1) is 10.7. The molecule has 0 aliphatic carbocycles. The molecule has 0 saturated heterocycles. The van der Waals surface area contributed by atoms with Crippen molar-refractivity contribution in [2.24, 2.45) is 0 Å². The zero-order chi connectivity index (χ0) is 15.8. The number of unbranched alkanes of at least 4 members (excludes halogenated alkanes) is 1. The number of aromatic nitrogens is 2. The number of benzene rings is 1. The lowest BCUT2D eigenvalue weighted by Crippen LogP contribution is -2.31. The fourth-order valence-electron chi connectivity index (χ4n) is 2.11. The van der Waals surface area contributed by atoms with Gasteiger partial charge in [0.15, 0.2) is 0 Å². The number of thiocarbonyl (C=S) groups is 1. The fourth-order valence-corrected chi connectivity index (χ4v) is 2.23. The fraction of sp³-hybridized carbons (Fsp3) is 0.312. The average molecular weight is 316 g/mol. The summed E-state index contributed by atoms with van der Waals surface area (Å²) in [5.74, 6) is 0. The van der Waals surface area contributed by atoms with Crippen molar-refractivity contribution >= 4 is 23.7 Å². The van der Waals surface area contributed by atoms with E-state index < -0.39 is 0 Å². The van der Waals surface area contributed by atoms with Crippen molar-refractivity contribution < 1.29 is 4.79 Å². The normalized spacial score (nSPS) is 10.2. The Balaban J connectivity index is 1.90. The van der Waals surface area contributed by atoms with Crippen molar-refractivity contribution in [1.29, 1.82) is 0 Å². The Hall–Kier alpha value is -2.21. The summed E-state index contributed by atoms with van der Waals surface area (Å²) in [6.45, 7) is 1.55. The Morgan fingerprint density at radius 3 is 2.86 bits per heavy atom. The van der Waals surface area contributed by atoms with Gasteiger partial charge in [-0.3, -0.25) is 4.57 Å². The molecule has 0 radical (unpaired) electrons. The molecule has 22 heavy (non-hydrogen) atoms. The highest BCUT2D eigenvalue weighted by atomic mass is 32.1. The monoisotopic (exact) mass is 316 g/mol. The van der Waals surface area contributed by atoms with Gasteiger partial charge in [-0.2, -0.15) is 0 Å². The van der Waals surface area contributed by atoms with Gasteiger partial charge in [-0.25, -0.2) is 9.78 Å². The number of carbonyl (C=O) groups is 1. The molecule has 0 atom stereocenters. The number of rotatable bonds is 7. The zero-order valence-electron chi connectivity index (χ0n) is 12.6. The number of amides is 1. The number of nitrogens with one attached hydrogen (secondary N) is 1. The predicted octanol–water partition coefficient (Wildman–Crippen LogP) is 2.78. The van der Waals surface area contributed by atoms with Gasteiger partial charge in [-0.05, 0) is 12.8 Å². The third-order valence-electron chi connectivity index (χ3n) is 3.35. The maximum absolute atomic E-state index is 12.3. The van der Waals surface area contributed by atoms with Crippen LogP contribution in [0.5, 0.6) is 0 Å². The minimum absolute atomic E-state index is 0.0718. The molecule has 0 saturated carbocycles. The molecule has 0 fully saturated rings. The number of hydrogen-bond acceptors (Lipinski definition) is 3. The molecule has 0 unspecified atom stereocenters. The van der Waals surface area contributed by atoms with Crippen molar-refractivity contribution in [3.8, 4) is 11.3 Å². The summed E-state index contributed by atoms with van der Waals surface area (Å²) >= 11 is 4.69. The van der Waals surface area contributed by atoms with Crippen molar-refractivity contribution in [3.05, 3.63) is 42.9 Å². The van der Waals surface area contributed by atoms with Crippen molar-refractivity contribution in [2.75, 3.05) is 20.1 Å². The van der Waals surface area contributed by atoms with Gasteiger partial charge in [-0.1, -0.05) is 42.5 Å². The number of hydrogen-bond donors (Lipinski definition) is 1. The van der Waals surface area contributed by atoms with Gasteiger partial charge >= 0.3 is 6.03 Å². The molecule has 1 aromatic heterocycles. The second-order valence-electron chi connectivity index (χ2n) is 5.02. The second-order valence-corrected chi connectivity index (χ2v) is 5.25. The largest absolute Gasteiger partial charge is 0.382 e. The molecule has 0 aliphatic rings. The van der Waals surface area contributed by atoms with Crippen LogP contribution in [-0.4, -0.2) is 46.1 Å². The third-order valence-corrected chi connectivity index (χ3v) is 3.51. The second kappa shape index (κ2) is 8.29. The van der Waals surface area contributed by atoms with Crippen molar-refractivity contribution in [3.63, 3.8) is 0 Å². The quantitative estimate of drug-likeness (QED) is 0.630. The lowest BCUT2D eigenvalue weighted by molar-refractivity contribution is 0.209. The van der Waals surface area contributed by atoms with E-state index in [9.17, 15) is 4.79 Å². The number of imidazole rings is 1. The molecule has 1 amide bonds. The Morgan fingerprint density at radius 2 is 2.14 bits per heavy atom. The summed E-state index contributed by atoms with van der Waals surface area (Å²) in [6, 6.07) is 9.75. The van der Waals surface area contributed by atoms with Gasteiger partial charge < -0.3 is 10.2 Å². The summed E-state index contributed by atoms with van der Waals surface area (Å²) in [5, 5.41) is 2.98. The Labute approximate surface area is 136 Å². The molecule has 2 aromatic rings. The topological polar surface area (TPSA) is 50.2 Å². The van der Waals surface area contributed by atoms with Crippen LogP contribution >= 0.6 is 12.2 Å². The maximum atomic E-state index is 12.3. The van der Waals surface area contributed by atoms with E-state index in [0.29, 0.717) is 6.54 Å². The first kappa shape index (κ1) is 16.2. The van der Waals surface area contributed by atoms with Crippen LogP contribution in [0.4, 0.5) is 4.79 Å². The molecule has 6 heteroatoms. The van der Waals surface area contributed by atoms with Crippen LogP contribution in [-0.2, 0) is 0 Å². The summed E-state index contributed by atoms with van der Waals surface area (Å²) < 4.78 is 1.53. The molecule has 0 bridgehead atoms. The van der Waals surface area contributed by atoms with E-state index in [4.69, 9.17) is 12.2 Å². The highest BCUT2D eigenvalue weighted by Crippen LogP contribution is 2.16. The summed E-state index contributed by atoms with van der Waals surface area (Å²) in [5.41, 5.74) is 3.32. The summed E-state index contributed by atoms with van der Waals surface area (Å²) in [6.07, 6.45) is 5.24. The molecule has 1 aromatic carbocycles. The van der Waals surface area contributed by atoms with Crippen LogP contribution in [0.1, 0.15) is 12.8 Å². The van der Waals surface area contributed by atoms with E-state index in [-0.39, 0.29) is 6.03 Å². The highest BCUT2D eigenvalue weighted by molar-refractivity contribution is 7.78. The van der Waals surface area contributed by atoms with E-state index in [0.717, 1.165) is 30.6 Å². The molecule has 5 nitrogen and oxygen atoms in total. The smallest absolute Gasteiger partial charge is 0.329 e. The van der Waals surface area contributed by atoms with Gasteiger partial charge in [0.2, 0.25) is 0 Å². The standard InChI is InChI=1S/C16H20N4OS/c1-19(10-6-5-9-17-13-22)16(21)20-11-15(18-12-20)14-7-3-2-4-8-14/h2-4,7-8,11-13H,5-6,9-10H2,1H3,(H,17,22). The number of carbonyl (C=O) groups excluding carboxylic acids is 1. The highest BCUT2D eigenvalue weighted by Gasteiger charge is 2.12. The maximum Gasteiger partial charge on any atom is 0.329 e. The Bertz CT molecular complexity index is 612. The zero-order valence-corrected chi connectivity index (χ0v) is 13.4. The number of nitrogens with zero attached hydrogens (tertiary/aromatic N) is 3. The van der Waals surface area contributed by atoms with Crippen molar-refractivity contribution in [2.45, 2.75) is 12.8 Å². The van der Waals surface area contributed by atoms with Gasteiger partial charge in [0.05, 0.1) is 11.2 Å². The molecular formula is C16H20N4OS. The van der Waals surface area contributed by atoms with Crippen LogP contribution in [0, 0.1) is 0 Å². The van der Waals surface area contributed by atoms with E-state index in [1.165, 1.54) is 10.1 Å². The molecule has 1 N–H and O–H groups in total. The summed E-state index contributed by atoms with van der Waals surface area (Å²) in [4.78, 5) is 18.3. The van der Waals surface area contributed by atoms with Crippen LogP contribution in [0.2, 0.25) is 0 Å². The van der Waals surface area contributed by atoms with E-state index in [2.05, 4.69) is 10.3 Å². The SMILES string of the molecule is CN(CCCCNC=S)C(=O)n1cnc(-c2ccccc2)c1. The minimum atomic E-state index is -0.0718. The van der Waals surface area contributed by atoms with Crippen LogP contribution in [0.3, 0.4) is 0 Å². The van der Waals surface area contributed by atoms with Crippen LogP contribution in [0.15, 0.2) is 42.9 Å². The van der Waals surface area contributed by atoms with Crippen LogP contribution in [0.25, 0.3) is 11.3 Å². The summed E-state index contributed by atoms with van der Waals surface area (Å²) in [7, 11) is 1.80. The van der Waals surface area contributed by atoms with E-state index in [1.54, 1.807) is 24.5 Å². The lowest BCUT2D eigenvalue weighted by atomic mass is 10.2. The van der Waals surface area contributed by atoms with Gasteiger partial charge in [0.25, 0.3) is 0 Å². The van der Waals surface area contributed by atoms with Gasteiger partial charge in [-0.15, -0.1) is 0 Å². The van der Waals surface area contributed by atoms with Gasteiger partial charge in [0, 0.05) is 31.9 Å². The molecule has 0 aliphatic heterocycles. The Morgan fingerprint density at radius 1 is 1.36 bits per heavy atom.